The maximum absolute atomic E-state index is 5.61. The summed E-state index contributed by atoms with van der Waals surface area (Å²) in [7, 11) is 0. The van der Waals surface area contributed by atoms with E-state index in [9.17, 15) is 0 Å². The third kappa shape index (κ3) is 12.1. The monoisotopic (exact) mass is 245 g/mol. The van der Waals surface area contributed by atoms with Crippen LogP contribution in [0.4, 0.5) is 0 Å². The first kappa shape index (κ1) is 16.9. The Morgan fingerprint density at radius 1 is 0.765 bits per heavy atom. The molecular weight excluding hydrogens is 216 g/mol. The highest BCUT2D eigenvalue weighted by molar-refractivity contribution is 4.58. The van der Waals surface area contributed by atoms with Gasteiger partial charge in [-0.15, -0.1) is 0 Å². The van der Waals surface area contributed by atoms with E-state index < -0.39 is 0 Å². The minimum absolute atomic E-state index is 0.301. The lowest BCUT2D eigenvalue weighted by Gasteiger charge is -2.18. The van der Waals surface area contributed by atoms with Crippen molar-refractivity contribution in [3.8, 4) is 0 Å². The van der Waals surface area contributed by atoms with E-state index in [2.05, 4.69) is 20.8 Å². The molecule has 0 bridgehead atoms. The van der Waals surface area contributed by atoms with Gasteiger partial charge >= 0.3 is 0 Å². The Labute approximate surface area is 107 Å². The molecule has 0 unspecified atom stereocenters. The van der Waals surface area contributed by atoms with Crippen LogP contribution in [0.1, 0.15) is 59.3 Å². The van der Waals surface area contributed by atoms with Gasteiger partial charge in [0.1, 0.15) is 6.61 Å². The highest BCUT2D eigenvalue weighted by atomic mass is 16.7. The van der Waals surface area contributed by atoms with Crippen molar-refractivity contribution in [2.45, 2.75) is 65.6 Å². The van der Waals surface area contributed by atoms with Crippen molar-refractivity contribution in [1.82, 2.24) is 0 Å². The van der Waals surface area contributed by atoms with E-state index in [0.717, 1.165) is 58.3 Å². The molecule has 0 aromatic heterocycles. The fourth-order valence-corrected chi connectivity index (χ4v) is 1.19. The summed E-state index contributed by atoms with van der Waals surface area (Å²) in [5.41, 5.74) is 0. The van der Waals surface area contributed by atoms with E-state index in [-0.39, 0.29) is 6.29 Å². The van der Waals surface area contributed by atoms with Crippen LogP contribution in [0, 0.1) is 6.61 Å². The van der Waals surface area contributed by atoms with Crippen LogP contribution >= 0.6 is 0 Å². The SMILES string of the molecule is CCCCO[CH]C(OCCCC)OCCCC. The van der Waals surface area contributed by atoms with Crippen molar-refractivity contribution in [2.24, 2.45) is 0 Å². The third-order valence-corrected chi connectivity index (χ3v) is 2.38. The third-order valence-electron chi connectivity index (χ3n) is 2.38. The van der Waals surface area contributed by atoms with Crippen molar-refractivity contribution < 1.29 is 14.2 Å². The van der Waals surface area contributed by atoms with E-state index in [1.807, 2.05) is 0 Å². The Bertz CT molecular complexity index is 129. The smallest absolute Gasteiger partial charge is 0.186 e. The molecule has 0 rings (SSSR count). The van der Waals surface area contributed by atoms with E-state index in [1.165, 1.54) is 0 Å². The maximum Gasteiger partial charge on any atom is 0.186 e. The molecule has 0 atom stereocenters. The summed E-state index contributed by atoms with van der Waals surface area (Å²) in [4.78, 5) is 0. The lowest BCUT2D eigenvalue weighted by Crippen LogP contribution is -2.21. The quantitative estimate of drug-likeness (QED) is 0.363. The normalized spacial score (nSPS) is 11.3. The largest absolute Gasteiger partial charge is 0.370 e. The summed E-state index contributed by atoms with van der Waals surface area (Å²) in [6, 6.07) is 0. The molecule has 0 aliphatic carbocycles. The second kappa shape index (κ2) is 13.9. The fraction of sp³-hybridized carbons (Fsp3) is 0.929. The van der Waals surface area contributed by atoms with Gasteiger partial charge in [-0.25, -0.2) is 0 Å². The van der Waals surface area contributed by atoms with Crippen LogP contribution in [-0.2, 0) is 14.2 Å². The molecule has 0 aliphatic heterocycles. The molecule has 0 N–H and O–H groups in total. The number of rotatable bonds is 13. The van der Waals surface area contributed by atoms with E-state index in [1.54, 1.807) is 6.61 Å². The molecule has 0 saturated heterocycles. The molecule has 0 aliphatic rings. The first-order valence-electron chi connectivity index (χ1n) is 7.03. The van der Waals surface area contributed by atoms with Crippen LogP contribution in [0.3, 0.4) is 0 Å². The van der Waals surface area contributed by atoms with Gasteiger partial charge in [0.2, 0.25) is 0 Å². The zero-order chi connectivity index (χ0) is 12.8. The Morgan fingerprint density at radius 2 is 1.24 bits per heavy atom. The first-order valence-corrected chi connectivity index (χ1v) is 7.03. The summed E-state index contributed by atoms with van der Waals surface area (Å²) < 4.78 is 16.6. The minimum Gasteiger partial charge on any atom is -0.370 e. The predicted octanol–water partition coefficient (Wildman–Crippen LogP) is 3.92. The molecule has 0 fully saturated rings. The van der Waals surface area contributed by atoms with Crippen LogP contribution in [0.15, 0.2) is 0 Å². The lowest BCUT2D eigenvalue weighted by molar-refractivity contribution is -0.148. The average molecular weight is 245 g/mol. The zero-order valence-corrected chi connectivity index (χ0v) is 11.7. The average Bonchev–Trinajstić information content (AvgIpc) is 2.34. The zero-order valence-electron chi connectivity index (χ0n) is 11.7. The van der Waals surface area contributed by atoms with Crippen molar-refractivity contribution in [1.29, 1.82) is 0 Å². The fourth-order valence-electron chi connectivity index (χ4n) is 1.19. The maximum atomic E-state index is 5.61. The lowest BCUT2D eigenvalue weighted by atomic mass is 10.3. The van der Waals surface area contributed by atoms with Crippen LogP contribution in [-0.4, -0.2) is 26.1 Å². The molecule has 17 heavy (non-hydrogen) atoms. The van der Waals surface area contributed by atoms with E-state index >= 15 is 0 Å². The molecule has 0 spiro atoms. The number of unbranched alkanes of at least 4 members (excludes halogenated alkanes) is 3. The van der Waals surface area contributed by atoms with Crippen molar-refractivity contribution in [2.75, 3.05) is 19.8 Å². The van der Waals surface area contributed by atoms with Gasteiger partial charge in [-0.3, -0.25) is 0 Å². The van der Waals surface area contributed by atoms with Gasteiger partial charge in [-0.2, -0.15) is 0 Å². The molecule has 3 nitrogen and oxygen atoms in total. The second-order valence-corrected chi connectivity index (χ2v) is 4.18. The van der Waals surface area contributed by atoms with Crippen molar-refractivity contribution in [3.63, 3.8) is 0 Å². The molecule has 0 amide bonds. The van der Waals surface area contributed by atoms with Gasteiger partial charge in [0.05, 0.1) is 0 Å². The van der Waals surface area contributed by atoms with Gasteiger partial charge in [-0.1, -0.05) is 40.0 Å². The second-order valence-electron chi connectivity index (χ2n) is 4.18. The van der Waals surface area contributed by atoms with Gasteiger partial charge < -0.3 is 14.2 Å². The standard InChI is InChI=1S/C14H29O3/c1-4-7-10-15-13-14(16-11-8-5-2)17-12-9-6-3/h13-14H,4-12H2,1-3H3. The molecule has 3 heteroatoms. The summed E-state index contributed by atoms with van der Waals surface area (Å²) >= 11 is 0. The summed E-state index contributed by atoms with van der Waals surface area (Å²) in [5, 5.41) is 0. The number of ether oxygens (including phenoxy) is 3. The van der Waals surface area contributed by atoms with Crippen LogP contribution in [0.2, 0.25) is 0 Å². The Hall–Kier alpha value is -0.120. The molecule has 103 valence electrons. The van der Waals surface area contributed by atoms with Crippen LogP contribution < -0.4 is 0 Å². The van der Waals surface area contributed by atoms with E-state index in [0.29, 0.717) is 0 Å². The Morgan fingerprint density at radius 3 is 1.71 bits per heavy atom. The van der Waals surface area contributed by atoms with Gasteiger partial charge in [0.25, 0.3) is 0 Å². The van der Waals surface area contributed by atoms with Crippen molar-refractivity contribution in [3.05, 3.63) is 6.61 Å². The molecule has 0 saturated carbocycles. The molecule has 0 aromatic rings. The molecular formula is C14H29O3. The summed E-state index contributed by atoms with van der Waals surface area (Å²) in [6.45, 7) is 10.4. The summed E-state index contributed by atoms with van der Waals surface area (Å²) in [5.74, 6) is 0. The summed E-state index contributed by atoms with van der Waals surface area (Å²) in [6.07, 6.45) is 6.33. The molecule has 0 heterocycles. The van der Waals surface area contributed by atoms with Gasteiger partial charge in [0, 0.05) is 19.8 Å². The number of hydrogen-bond donors (Lipinski definition) is 0. The Balaban J connectivity index is 3.60. The minimum atomic E-state index is -0.301. The molecule has 1 radical (unpaired) electrons. The van der Waals surface area contributed by atoms with Crippen LogP contribution in [0.25, 0.3) is 0 Å². The van der Waals surface area contributed by atoms with Gasteiger partial charge in [-0.05, 0) is 19.3 Å². The van der Waals surface area contributed by atoms with E-state index in [4.69, 9.17) is 14.2 Å². The highest BCUT2D eigenvalue weighted by Crippen LogP contribution is 2.05. The van der Waals surface area contributed by atoms with Gasteiger partial charge in [0.15, 0.2) is 6.29 Å². The van der Waals surface area contributed by atoms with Crippen molar-refractivity contribution >= 4 is 0 Å². The topological polar surface area (TPSA) is 27.7 Å². The number of hydrogen-bond acceptors (Lipinski definition) is 3. The molecule has 0 aromatic carbocycles. The Kier molecular flexibility index (Phi) is 13.8. The highest BCUT2D eigenvalue weighted by Gasteiger charge is 2.09. The first-order chi connectivity index (χ1) is 8.35. The van der Waals surface area contributed by atoms with Crippen LogP contribution in [0.5, 0.6) is 0 Å². The predicted molar refractivity (Wildman–Crippen MR) is 70.7 cm³/mol.